The highest BCUT2D eigenvalue weighted by atomic mass is 35.5. The van der Waals surface area contributed by atoms with Gasteiger partial charge in [0.2, 0.25) is 0 Å². The van der Waals surface area contributed by atoms with Crippen LogP contribution in [0.5, 0.6) is 5.75 Å². The summed E-state index contributed by atoms with van der Waals surface area (Å²) in [4.78, 5) is 8.90. The van der Waals surface area contributed by atoms with Crippen LogP contribution in [0.3, 0.4) is 0 Å². The van der Waals surface area contributed by atoms with Crippen molar-refractivity contribution in [3.63, 3.8) is 0 Å². The third-order valence-corrected chi connectivity index (χ3v) is 7.37. The third-order valence-electron chi connectivity index (χ3n) is 6.84. The molecule has 2 aromatic heterocycles. The zero-order chi connectivity index (χ0) is 29.6. The maximum Gasteiger partial charge on any atom is 0.141 e. The number of aromatic nitrogens is 2. The second-order valence-corrected chi connectivity index (χ2v) is 10.8. The molecule has 2 N–H and O–H groups in total. The lowest BCUT2D eigenvalue weighted by Crippen LogP contribution is -2.16. The molecule has 0 atom stereocenters. The van der Waals surface area contributed by atoms with E-state index < -0.39 is 0 Å². The summed E-state index contributed by atoms with van der Waals surface area (Å²) in [6.45, 7) is 1.63. The standard InChI is InChI=1S/C34H27Cl2FN4O2/c35-25-5-1-3-22(15-25)13-14-38-19-28-9-12-32(43-28)24-7-10-31-29(17-24)34(40-21-39-31)41-27-8-11-33(30(36)18-27)42-20-23-4-2-6-26(37)16-23/h1-12,15-18,21,38H,13-14,19-20H2,(H,39,40,41). The zero-order valence-electron chi connectivity index (χ0n) is 23.0. The van der Waals surface area contributed by atoms with E-state index in [0.29, 0.717) is 23.1 Å². The summed E-state index contributed by atoms with van der Waals surface area (Å²) in [6.07, 6.45) is 2.40. The van der Waals surface area contributed by atoms with Gasteiger partial charge in [-0.2, -0.15) is 0 Å². The average Bonchev–Trinajstić information content (AvgIpc) is 3.48. The Hall–Kier alpha value is -4.43. The predicted molar refractivity (Wildman–Crippen MR) is 170 cm³/mol. The highest BCUT2D eigenvalue weighted by molar-refractivity contribution is 6.32. The van der Waals surface area contributed by atoms with Crippen molar-refractivity contribution in [1.82, 2.24) is 15.3 Å². The van der Waals surface area contributed by atoms with Gasteiger partial charge < -0.3 is 19.8 Å². The molecule has 2 heterocycles. The molecule has 0 aliphatic carbocycles. The molecule has 4 aromatic carbocycles. The SMILES string of the molecule is Fc1cccc(COc2ccc(Nc3ncnc4ccc(-c5ccc(CNCCc6cccc(Cl)c6)o5)cc34)cc2Cl)c1. The molecule has 0 aliphatic rings. The molecule has 0 radical (unpaired) electrons. The first kappa shape index (κ1) is 28.7. The first-order valence-corrected chi connectivity index (χ1v) is 14.5. The molecule has 6 rings (SSSR count). The van der Waals surface area contributed by atoms with Gasteiger partial charge in [0.15, 0.2) is 0 Å². The fourth-order valence-corrected chi connectivity index (χ4v) is 5.14. The van der Waals surface area contributed by atoms with E-state index in [0.717, 1.165) is 57.2 Å². The fourth-order valence-electron chi connectivity index (χ4n) is 4.69. The van der Waals surface area contributed by atoms with Gasteiger partial charge in [0.25, 0.3) is 0 Å². The Kier molecular flexibility index (Phi) is 8.84. The van der Waals surface area contributed by atoms with E-state index in [1.54, 1.807) is 24.3 Å². The highest BCUT2D eigenvalue weighted by Gasteiger charge is 2.11. The molecular weight excluding hydrogens is 586 g/mol. The summed E-state index contributed by atoms with van der Waals surface area (Å²) < 4.78 is 25.4. The molecular formula is C34H27Cl2FN4O2. The first-order valence-electron chi connectivity index (χ1n) is 13.7. The number of nitrogens with one attached hydrogen (secondary N) is 2. The Balaban J connectivity index is 1.12. The van der Waals surface area contributed by atoms with Crippen LogP contribution in [0.25, 0.3) is 22.2 Å². The number of halogens is 3. The lowest BCUT2D eigenvalue weighted by Gasteiger charge is -2.12. The van der Waals surface area contributed by atoms with E-state index in [4.69, 9.17) is 32.4 Å². The van der Waals surface area contributed by atoms with E-state index in [-0.39, 0.29) is 12.4 Å². The van der Waals surface area contributed by atoms with Crippen molar-refractivity contribution < 1.29 is 13.5 Å². The largest absolute Gasteiger partial charge is 0.487 e. The molecule has 0 amide bonds. The van der Waals surface area contributed by atoms with E-state index in [1.807, 2.05) is 54.6 Å². The molecule has 6 aromatic rings. The number of fused-ring (bicyclic) bond motifs is 1. The summed E-state index contributed by atoms with van der Waals surface area (Å²) in [5, 5.41) is 8.77. The van der Waals surface area contributed by atoms with Crippen molar-refractivity contribution >= 4 is 45.6 Å². The van der Waals surface area contributed by atoms with Gasteiger partial charge in [-0.15, -0.1) is 0 Å². The number of nitrogens with zero attached hydrogens (tertiary/aromatic N) is 2. The molecule has 216 valence electrons. The van der Waals surface area contributed by atoms with Crippen molar-refractivity contribution in [1.29, 1.82) is 0 Å². The molecule has 0 aliphatic heterocycles. The lowest BCUT2D eigenvalue weighted by molar-refractivity contribution is 0.306. The summed E-state index contributed by atoms with van der Waals surface area (Å²) in [7, 11) is 0. The minimum Gasteiger partial charge on any atom is -0.487 e. The van der Waals surface area contributed by atoms with Crippen molar-refractivity contribution in [3.05, 3.63) is 136 Å². The smallest absolute Gasteiger partial charge is 0.141 e. The summed E-state index contributed by atoms with van der Waals surface area (Å²) >= 11 is 12.6. The Bertz CT molecular complexity index is 1880. The van der Waals surface area contributed by atoms with E-state index in [1.165, 1.54) is 24.0 Å². The maximum absolute atomic E-state index is 13.5. The third kappa shape index (κ3) is 7.32. The number of ether oxygens (including phenoxy) is 1. The van der Waals surface area contributed by atoms with Gasteiger partial charge in [-0.05, 0) is 96.9 Å². The Morgan fingerprint density at radius 2 is 1.72 bits per heavy atom. The van der Waals surface area contributed by atoms with Gasteiger partial charge in [0.05, 0.1) is 17.1 Å². The molecule has 43 heavy (non-hydrogen) atoms. The van der Waals surface area contributed by atoms with Gasteiger partial charge in [-0.1, -0.05) is 47.5 Å². The van der Waals surface area contributed by atoms with Crippen LogP contribution in [0.2, 0.25) is 10.0 Å². The molecule has 0 fully saturated rings. The number of rotatable bonds is 11. The summed E-state index contributed by atoms with van der Waals surface area (Å²) in [5.41, 5.74) is 4.34. The highest BCUT2D eigenvalue weighted by Crippen LogP contribution is 2.33. The molecule has 0 bridgehead atoms. The molecule has 0 saturated carbocycles. The fraction of sp³-hybridized carbons (Fsp3) is 0.118. The quantitative estimate of drug-likeness (QED) is 0.142. The van der Waals surface area contributed by atoms with Gasteiger partial charge in [-0.3, -0.25) is 0 Å². The monoisotopic (exact) mass is 612 g/mol. The van der Waals surface area contributed by atoms with E-state index >= 15 is 0 Å². The van der Waals surface area contributed by atoms with E-state index in [2.05, 4.69) is 26.7 Å². The lowest BCUT2D eigenvalue weighted by atomic mass is 10.1. The minimum absolute atomic E-state index is 0.206. The van der Waals surface area contributed by atoms with Crippen LogP contribution in [0.15, 0.2) is 108 Å². The number of hydrogen-bond donors (Lipinski definition) is 2. The van der Waals surface area contributed by atoms with Crippen LogP contribution in [0, 0.1) is 5.82 Å². The van der Waals surface area contributed by atoms with Gasteiger partial charge in [0.1, 0.15) is 41.8 Å². The van der Waals surface area contributed by atoms with Gasteiger partial charge >= 0.3 is 0 Å². The zero-order valence-corrected chi connectivity index (χ0v) is 24.5. The second-order valence-electron chi connectivity index (χ2n) is 9.97. The Morgan fingerprint density at radius 3 is 2.58 bits per heavy atom. The minimum atomic E-state index is -0.308. The summed E-state index contributed by atoms with van der Waals surface area (Å²) in [5.74, 6) is 2.42. The summed E-state index contributed by atoms with van der Waals surface area (Å²) in [6, 6.07) is 29.4. The number of furan rings is 1. The van der Waals surface area contributed by atoms with Crippen LogP contribution in [-0.4, -0.2) is 16.5 Å². The van der Waals surface area contributed by atoms with Crippen LogP contribution in [0.1, 0.15) is 16.9 Å². The number of anilines is 2. The molecule has 0 unspecified atom stereocenters. The predicted octanol–water partition coefficient (Wildman–Crippen LogP) is 8.99. The van der Waals surface area contributed by atoms with Gasteiger partial charge in [-0.25, -0.2) is 14.4 Å². The number of benzene rings is 4. The number of hydrogen-bond acceptors (Lipinski definition) is 6. The maximum atomic E-state index is 13.5. The van der Waals surface area contributed by atoms with Crippen LogP contribution >= 0.6 is 23.2 Å². The van der Waals surface area contributed by atoms with Crippen molar-refractivity contribution in [2.45, 2.75) is 19.6 Å². The Labute approximate surface area is 258 Å². The van der Waals surface area contributed by atoms with Crippen molar-refractivity contribution in [2.24, 2.45) is 0 Å². The van der Waals surface area contributed by atoms with Crippen molar-refractivity contribution in [2.75, 3.05) is 11.9 Å². The van der Waals surface area contributed by atoms with E-state index in [9.17, 15) is 4.39 Å². The van der Waals surface area contributed by atoms with Crippen LogP contribution in [-0.2, 0) is 19.6 Å². The van der Waals surface area contributed by atoms with Gasteiger partial charge in [0, 0.05) is 21.7 Å². The molecule has 9 heteroatoms. The molecule has 0 spiro atoms. The van der Waals surface area contributed by atoms with Crippen molar-refractivity contribution in [3.8, 4) is 17.1 Å². The second kappa shape index (κ2) is 13.3. The normalized spacial score (nSPS) is 11.1. The topological polar surface area (TPSA) is 72.2 Å². The average molecular weight is 614 g/mol. The van der Waals surface area contributed by atoms with Crippen LogP contribution in [0.4, 0.5) is 15.9 Å². The first-order chi connectivity index (χ1) is 21.0. The van der Waals surface area contributed by atoms with Crippen LogP contribution < -0.4 is 15.4 Å². The molecule has 0 saturated heterocycles. The molecule has 6 nitrogen and oxygen atoms in total. The Morgan fingerprint density at radius 1 is 0.837 bits per heavy atom.